The van der Waals surface area contributed by atoms with Crippen LogP contribution in [0.4, 0.5) is 5.69 Å². The molecule has 2 atom stereocenters. The monoisotopic (exact) mass is 406 g/mol. The number of carbonyl (C=O) groups excluding carboxylic acids is 1. The topological polar surface area (TPSA) is 124 Å². The third-order valence-electron chi connectivity index (χ3n) is 7.06. The van der Waals surface area contributed by atoms with Crippen LogP contribution in [0, 0.1) is 17.3 Å². The maximum atomic E-state index is 13.5. The molecule has 4 aliphatic rings. The zero-order valence-electron chi connectivity index (χ0n) is 16.4. The predicted molar refractivity (Wildman–Crippen MR) is 104 cm³/mol. The average Bonchev–Trinajstić information content (AvgIpc) is 3.43. The molecule has 2 N–H and O–H groups in total. The van der Waals surface area contributed by atoms with Crippen LogP contribution < -0.4 is 10.1 Å². The van der Waals surface area contributed by atoms with E-state index in [2.05, 4.69) is 36.0 Å². The van der Waals surface area contributed by atoms with Crippen LogP contribution in [-0.4, -0.2) is 41.3 Å². The lowest BCUT2D eigenvalue weighted by atomic mass is 9.46. The first-order valence-corrected chi connectivity index (χ1v) is 10.3. The van der Waals surface area contributed by atoms with Crippen molar-refractivity contribution in [3.05, 3.63) is 36.9 Å². The van der Waals surface area contributed by atoms with Gasteiger partial charge in [0.1, 0.15) is 18.4 Å². The average molecular weight is 406 g/mol. The summed E-state index contributed by atoms with van der Waals surface area (Å²) in [6.45, 7) is 0. The molecule has 2 unspecified atom stereocenters. The summed E-state index contributed by atoms with van der Waals surface area (Å²) in [5, 5.41) is 21.0. The fourth-order valence-electron chi connectivity index (χ4n) is 6.37. The summed E-state index contributed by atoms with van der Waals surface area (Å²) >= 11 is 0. The Morgan fingerprint density at radius 2 is 1.97 bits per heavy atom. The van der Waals surface area contributed by atoms with Gasteiger partial charge in [-0.3, -0.25) is 4.79 Å². The number of hydrogen-bond acceptors (Lipinski definition) is 7. The van der Waals surface area contributed by atoms with Gasteiger partial charge in [0.2, 0.25) is 5.91 Å². The number of carbonyl (C=O) groups is 1. The molecule has 4 fully saturated rings. The zero-order valence-corrected chi connectivity index (χ0v) is 16.4. The maximum absolute atomic E-state index is 13.5. The van der Waals surface area contributed by atoms with Crippen LogP contribution >= 0.6 is 0 Å². The standard InChI is InChI=1S/C20H22N8O2/c29-17(23-15-1-3-16(4-2-15)30-18-24-26-27-25-18)19-6-13-5-14(7-19)9-20(8-13,10-19)28-12-21-11-22-28/h1-4,11-14H,5-10H2,(H,23,29)(H,24,25,26,27). The van der Waals surface area contributed by atoms with Crippen LogP contribution in [0.1, 0.15) is 38.5 Å². The summed E-state index contributed by atoms with van der Waals surface area (Å²) in [6.07, 6.45) is 9.61. The molecule has 2 heterocycles. The van der Waals surface area contributed by atoms with Crippen molar-refractivity contribution in [2.24, 2.45) is 17.3 Å². The van der Waals surface area contributed by atoms with E-state index < -0.39 is 0 Å². The van der Waals surface area contributed by atoms with E-state index >= 15 is 0 Å². The molecule has 7 rings (SSSR count). The molecular formula is C20H22N8O2. The lowest BCUT2D eigenvalue weighted by Gasteiger charge is -2.60. The Balaban J connectivity index is 1.21. The Morgan fingerprint density at radius 1 is 1.17 bits per heavy atom. The van der Waals surface area contributed by atoms with Gasteiger partial charge >= 0.3 is 6.01 Å². The van der Waals surface area contributed by atoms with Crippen molar-refractivity contribution in [2.75, 3.05) is 5.32 Å². The Labute approximate surface area is 172 Å². The minimum absolute atomic E-state index is 0.0692. The molecule has 154 valence electrons. The lowest BCUT2D eigenvalue weighted by molar-refractivity contribution is -0.150. The van der Waals surface area contributed by atoms with Crippen molar-refractivity contribution >= 4 is 11.6 Å². The summed E-state index contributed by atoms with van der Waals surface area (Å²) in [5.74, 6) is 1.85. The fourth-order valence-corrected chi connectivity index (χ4v) is 6.37. The molecule has 2 aromatic heterocycles. The SMILES string of the molecule is O=C(Nc1ccc(Oc2nn[nH]n2)cc1)C12CC3CC(C1)CC(n1cncn1)(C3)C2. The summed E-state index contributed by atoms with van der Waals surface area (Å²) in [5.41, 5.74) is 0.349. The number of hydrogen-bond donors (Lipinski definition) is 2. The predicted octanol–water partition coefficient (Wildman–Crippen LogP) is 2.52. The van der Waals surface area contributed by atoms with E-state index in [1.54, 1.807) is 18.5 Å². The van der Waals surface area contributed by atoms with Crippen molar-refractivity contribution in [1.29, 1.82) is 0 Å². The fraction of sp³-hybridized carbons (Fsp3) is 0.500. The van der Waals surface area contributed by atoms with Gasteiger partial charge in [-0.2, -0.15) is 10.3 Å². The van der Waals surface area contributed by atoms with E-state index in [-0.39, 0.29) is 22.9 Å². The molecule has 4 saturated carbocycles. The van der Waals surface area contributed by atoms with Gasteiger partial charge in [0.15, 0.2) is 0 Å². The van der Waals surface area contributed by atoms with Crippen molar-refractivity contribution in [2.45, 2.75) is 44.1 Å². The number of aromatic nitrogens is 7. The number of tetrazole rings is 1. The largest absolute Gasteiger partial charge is 0.422 e. The molecule has 0 aliphatic heterocycles. The van der Waals surface area contributed by atoms with Crippen molar-refractivity contribution in [3.8, 4) is 11.8 Å². The van der Waals surface area contributed by atoms with E-state index in [1.165, 1.54) is 6.42 Å². The van der Waals surface area contributed by atoms with E-state index in [9.17, 15) is 4.79 Å². The highest BCUT2D eigenvalue weighted by Gasteiger charge is 2.61. The Bertz CT molecular complexity index is 1030. The number of nitrogens with zero attached hydrogens (tertiary/aromatic N) is 6. The molecule has 4 aliphatic carbocycles. The molecule has 30 heavy (non-hydrogen) atoms. The summed E-state index contributed by atoms with van der Waals surface area (Å²) < 4.78 is 7.51. The second-order valence-corrected chi connectivity index (χ2v) is 9.08. The first-order valence-electron chi connectivity index (χ1n) is 10.3. The number of benzene rings is 1. The number of amides is 1. The lowest BCUT2D eigenvalue weighted by Crippen LogP contribution is -2.60. The highest BCUT2D eigenvalue weighted by atomic mass is 16.5. The van der Waals surface area contributed by atoms with Crippen LogP contribution in [0.3, 0.4) is 0 Å². The minimum Gasteiger partial charge on any atom is -0.422 e. The molecule has 0 saturated heterocycles. The molecule has 10 heteroatoms. The second-order valence-electron chi connectivity index (χ2n) is 9.08. The van der Waals surface area contributed by atoms with Gasteiger partial charge in [0, 0.05) is 5.69 Å². The van der Waals surface area contributed by atoms with E-state index in [1.807, 2.05) is 23.1 Å². The first kappa shape index (κ1) is 17.5. The highest BCUT2D eigenvalue weighted by molar-refractivity contribution is 5.95. The smallest absolute Gasteiger partial charge is 0.361 e. The van der Waals surface area contributed by atoms with Crippen LogP contribution in [-0.2, 0) is 10.3 Å². The van der Waals surface area contributed by atoms with Gasteiger partial charge in [0.25, 0.3) is 0 Å². The Morgan fingerprint density at radius 3 is 2.63 bits per heavy atom. The summed E-state index contributed by atoms with van der Waals surface area (Å²) in [4.78, 5) is 17.7. The number of rotatable bonds is 5. The number of aromatic amines is 1. The normalized spacial score (nSPS) is 31.6. The van der Waals surface area contributed by atoms with Gasteiger partial charge in [-0.25, -0.2) is 9.67 Å². The molecule has 0 spiro atoms. The van der Waals surface area contributed by atoms with Crippen LogP contribution in [0.15, 0.2) is 36.9 Å². The van der Waals surface area contributed by atoms with Crippen LogP contribution in [0.2, 0.25) is 0 Å². The number of H-pyrrole nitrogens is 1. The molecule has 4 bridgehead atoms. The third-order valence-corrected chi connectivity index (χ3v) is 7.06. The van der Waals surface area contributed by atoms with E-state index in [4.69, 9.17) is 4.74 Å². The summed E-state index contributed by atoms with van der Waals surface area (Å²) in [7, 11) is 0. The number of nitrogens with one attached hydrogen (secondary N) is 2. The number of anilines is 1. The molecular weight excluding hydrogens is 384 g/mol. The Kier molecular flexibility index (Phi) is 3.71. The van der Waals surface area contributed by atoms with Gasteiger partial charge in [-0.15, -0.1) is 0 Å². The third kappa shape index (κ3) is 2.78. The van der Waals surface area contributed by atoms with Crippen molar-refractivity contribution in [1.82, 2.24) is 35.4 Å². The first-order chi connectivity index (χ1) is 14.6. The molecule has 3 aromatic rings. The quantitative estimate of drug-likeness (QED) is 0.667. The van der Waals surface area contributed by atoms with E-state index in [0.29, 0.717) is 17.6 Å². The molecule has 1 amide bonds. The Hall–Kier alpha value is -3.30. The van der Waals surface area contributed by atoms with Crippen molar-refractivity contribution in [3.63, 3.8) is 0 Å². The van der Waals surface area contributed by atoms with Gasteiger partial charge in [-0.05, 0) is 79.8 Å². The molecule has 10 nitrogen and oxygen atoms in total. The van der Waals surface area contributed by atoms with Gasteiger partial charge in [-0.1, -0.05) is 10.2 Å². The maximum Gasteiger partial charge on any atom is 0.361 e. The second kappa shape index (κ2) is 6.35. The minimum atomic E-state index is -0.337. The zero-order chi connectivity index (χ0) is 20.2. The highest BCUT2D eigenvalue weighted by Crippen LogP contribution is 2.64. The van der Waals surface area contributed by atoms with Crippen molar-refractivity contribution < 1.29 is 9.53 Å². The van der Waals surface area contributed by atoms with E-state index in [0.717, 1.165) is 37.8 Å². The number of ether oxygens (including phenoxy) is 1. The van der Waals surface area contributed by atoms with Gasteiger partial charge < -0.3 is 10.1 Å². The molecule has 1 aromatic carbocycles. The van der Waals surface area contributed by atoms with Crippen LogP contribution in [0.25, 0.3) is 0 Å². The molecule has 0 radical (unpaired) electrons. The van der Waals surface area contributed by atoms with Crippen LogP contribution in [0.5, 0.6) is 11.8 Å². The summed E-state index contributed by atoms with van der Waals surface area (Å²) in [6, 6.07) is 7.38. The van der Waals surface area contributed by atoms with Gasteiger partial charge in [0.05, 0.1) is 11.0 Å².